The first-order chi connectivity index (χ1) is 19.4. The summed E-state index contributed by atoms with van der Waals surface area (Å²) in [6.45, 7) is 6.48. The smallest absolute Gasteiger partial charge is 0.254 e. The molecule has 0 saturated heterocycles. The second kappa shape index (κ2) is 10.4. The number of amides is 1. The third kappa shape index (κ3) is 4.84. The van der Waals surface area contributed by atoms with E-state index in [0.717, 1.165) is 45.4 Å². The van der Waals surface area contributed by atoms with Gasteiger partial charge in [-0.1, -0.05) is 24.3 Å². The number of carbonyl (C=O) groups excluding carboxylic acids is 1. The Labute approximate surface area is 233 Å². The van der Waals surface area contributed by atoms with Gasteiger partial charge in [-0.2, -0.15) is 5.10 Å². The molecule has 1 amide bonds. The second-order valence-corrected chi connectivity index (χ2v) is 10.4. The minimum Gasteiger partial charge on any atom is -0.488 e. The molecule has 1 aliphatic rings. The van der Waals surface area contributed by atoms with Crippen molar-refractivity contribution in [3.8, 4) is 5.75 Å². The average Bonchev–Trinajstić information content (AvgIpc) is 3.56. The molecule has 3 N–H and O–H groups in total. The summed E-state index contributed by atoms with van der Waals surface area (Å²) in [4.78, 5) is 18.9. The van der Waals surface area contributed by atoms with Gasteiger partial charge in [-0.3, -0.25) is 9.48 Å². The first-order valence-electron chi connectivity index (χ1n) is 13.3. The molecule has 5 aromatic rings. The van der Waals surface area contributed by atoms with Gasteiger partial charge in [-0.05, 0) is 71.3 Å². The van der Waals surface area contributed by atoms with Gasteiger partial charge in [0, 0.05) is 54.9 Å². The zero-order chi connectivity index (χ0) is 27.8. The molecule has 0 radical (unpaired) electrons. The van der Waals surface area contributed by atoms with Crippen molar-refractivity contribution < 1.29 is 9.53 Å². The summed E-state index contributed by atoms with van der Waals surface area (Å²) in [6.07, 6.45) is 5.48. The maximum atomic E-state index is 12.9. The standard InChI is InChI=1S/C32H32N6O2/c1-20-13-26-25(9-11-34-31(26)33)21(2)28(20)16-35-24-14-27-29(18-37(3)32(27)39)30(15-24)40-19-23-7-5-22(6-8-23)17-38-12-4-10-36-38/h4-15,35H,16-19H2,1-3H3,(H2,33,34). The molecular formula is C32H32N6O2. The van der Waals surface area contributed by atoms with E-state index in [-0.39, 0.29) is 5.91 Å². The third-order valence-corrected chi connectivity index (χ3v) is 7.69. The normalized spacial score (nSPS) is 12.7. The third-order valence-electron chi connectivity index (χ3n) is 7.69. The van der Waals surface area contributed by atoms with Crippen LogP contribution in [0.4, 0.5) is 11.5 Å². The maximum absolute atomic E-state index is 12.9. The molecule has 0 aliphatic carbocycles. The number of hydrogen-bond donors (Lipinski definition) is 2. The summed E-state index contributed by atoms with van der Waals surface area (Å²) in [5.41, 5.74) is 14.3. The second-order valence-electron chi connectivity index (χ2n) is 10.4. The van der Waals surface area contributed by atoms with Crippen molar-refractivity contribution in [2.24, 2.45) is 0 Å². The number of hydrogen-bond acceptors (Lipinski definition) is 6. The molecule has 3 aromatic carbocycles. The molecule has 3 heterocycles. The lowest BCUT2D eigenvalue weighted by molar-refractivity contribution is 0.0816. The van der Waals surface area contributed by atoms with Gasteiger partial charge in [0.25, 0.3) is 5.91 Å². The number of pyridine rings is 1. The van der Waals surface area contributed by atoms with E-state index in [1.54, 1.807) is 17.3 Å². The number of ether oxygens (including phenoxy) is 1. The van der Waals surface area contributed by atoms with Crippen LogP contribution in [-0.4, -0.2) is 32.6 Å². The molecule has 1 aliphatic heterocycles. The summed E-state index contributed by atoms with van der Waals surface area (Å²) in [5, 5.41) is 9.89. The summed E-state index contributed by atoms with van der Waals surface area (Å²) < 4.78 is 8.23. The first kappa shape index (κ1) is 25.4. The van der Waals surface area contributed by atoms with E-state index >= 15 is 0 Å². The largest absolute Gasteiger partial charge is 0.488 e. The van der Waals surface area contributed by atoms with E-state index in [0.29, 0.717) is 31.1 Å². The van der Waals surface area contributed by atoms with E-state index in [1.165, 1.54) is 16.7 Å². The number of anilines is 2. The fraction of sp³-hybridized carbons (Fsp3) is 0.219. The van der Waals surface area contributed by atoms with Gasteiger partial charge >= 0.3 is 0 Å². The van der Waals surface area contributed by atoms with E-state index in [2.05, 4.69) is 59.6 Å². The van der Waals surface area contributed by atoms with Crippen molar-refractivity contribution in [2.75, 3.05) is 18.1 Å². The number of benzene rings is 3. The van der Waals surface area contributed by atoms with Crippen LogP contribution in [0.15, 0.2) is 73.2 Å². The van der Waals surface area contributed by atoms with Crippen molar-refractivity contribution in [3.05, 3.63) is 112 Å². The average molecular weight is 533 g/mol. The minimum atomic E-state index is 0.00696. The molecule has 40 heavy (non-hydrogen) atoms. The number of nitrogens with two attached hydrogens (primary N) is 1. The predicted molar refractivity (Wildman–Crippen MR) is 157 cm³/mol. The van der Waals surface area contributed by atoms with Gasteiger partial charge in [0.05, 0.1) is 18.7 Å². The molecule has 0 atom stereocenters. The fourth-order valence-corrected chi connectivity index (χ4v) is 5.42. The van der Waals surface area contributed by atoms with E-state index in [1.807, 2.05) is 42.2 Å². The Morgan fingerprint density at radius 3 is 2.60 bits per heavy atom. The number of aromatic nitrogens is 3. The molecule has 2 aromatic heterocycles. The van der Waals surface area contributed by atoms with Crippen LogP contribution in [-0.2, 0) is 26.2 Å². The molecule has 0 spiro atoms. The number of carbonyl (C=O) groups is 1. The number of aryl methyl sites for hydroxylation is 2. The highest BCUT2D eigenvalue weighted by Crippen LogP contribution is 2.35. The van der Waals surface area contributed by atoms with E-state index in [4.69, 9.17) is 10.5 Å². The van der Waals surface area contributed by atoms with E-state index < -0.39 is 0 Å². The van der Waals surface area contributed by atoms with Crippen molar-refractivity contribution in [1.29, 1.82) is 0 Å². The highest BCUT2D eigenvalue weighted by molar-refractivity contribution is 6.00. The van der Waals surface area contributed by atoms with Gasteiger partial charge < -0.3 is 20.7 Å². The Kier molecular flexibility index (Phi) is 6.59. The Balaban J connectivity index is 1.22. The fourth-order valence-electron chi connectivity index (χ4n) is 5.42. The Hall–Kier alpha value is -4.85. The summed E-state index contributed by atoms with van der Waals surface area (Å²) in [6, 6.07) is 18.3. The molecule has 0 fully saturated rings. The lowest BCUT2D eigenvalue weighted by Crippen LogP contribution is -2.17. The molecule has 0 unspecified atom stereocenters. The number of nitrogens with one attached hydrogen (secondary N) is 1. The highest BCUT2D eigenvalue weighted by atomic mass is 16.5. The van der Waals surface area contributed by atoms with Gasteiger partial charge in [0.15, 0.2) is 0 Å². The van der Waals surface area contributed by atoms with Crippen molar-refractivity contribution >= 4 is 28.2 Å². The molecular weight excluding hydrogens is 500 g/mol. The number of rotatable bonds is 8. The van der Waals surface area contributed by atoms with Crippen LogP contribution in [0.25, 0.3) is 10.8 Å². The maximum Gasteiger partial charge on any atom is 0.254 e. The van der Waals surface area contributed by atoms with Crippen molar-refractivity contribution in [2.45, 2.75) is 40.1 Å². The lowest BCUT2D eigenvalue weighted by atomic mass is 9.96. The summed E-state index contributed by atoms with van der Waals surface area (Å²) in [7, 11) is 1.82. The molecule has 202 valence electrons. The number of fused-ring (bicyclic) bond motifs is 2. The highest BCUT2D eigenvalue weighted by Gasteiger charge is 2.28. The van der Waals surface area contributed by atoms with E-state index in [9.17, 15) is 4.79 Å². The van der Waals surface area contributed by atoms with Gasteiger partial charge in [-0.15, -0.1) is 0 Å². The van der Waals surface area contributed by atoms with Crippen LogP contribution in [0.2, 0.25) is 0 Å². The lowest BCUT2D eigenvalue weighted by Gasteiger charge is -2.17. The monoisotopic (exact) mass is 532 g/mol. The Bertz CT molecular complexity index is 1710. The topological polar surface area (TPSA) is 98.3 Å². The molecule has 8 heteroatoms. The van der Waals surface area contributed by atoms with Crippen LogP contribution in [0.3, 0.4) is 0 Å². The molecule has 8 nitrogen and oxygen atoms in total. The van der Waals surface area contributed by atoms with Gasteiger partial charge in [-0.25, -0.2) is 4.98 Å². The summed E-state index contributed by atoms with van der Waals surface area (Å²) in [5.74, 6) is 1.27. The van der Waals surface area contributed by atoms with Crippen molar-refractivity contribution in [3.63, 3.8) is 0 Å². The molecule has 0 bridgehead atoms. The van der Waals surface area contributed by atoms with Crippen LogP contribution in [0.1, 0.15) is 43.7 Å². The van der Waals surface area contributed by atoms with Crippen LogP contribution < -0.4 is 15.8 Å². The Morgan fingerprint density at radius 2 is 1.82 bits per heavy atom. The first-order valence-corrected chi connectivity index (χ1v) is 13.3. The van der Waals surface area contributed by atoms with Crippen LogP contribution >= 0.6 is 0 Å². The zero-order valence-corrected chi connectivity index (χ0v) is 22.9. The quantitative estimate of drug-likeness (QED) is 0.276. The number of nitrogens with zero attached hydrogens (tertiary/aromatic N) is 4. The zero-order valence-electron chi connectivity index (χ0n) is 22.9. The van der Waals surface area contributed by atoms with Crippen molar-refractivity contribution in [1.82, 2.24) is 19.7 Å². The van der Waals surface area contributed by atoms with Crippen LogP contribution in [0, 0.1) is 13.8 Å². The molecule has 0 saturated carbocycles. The van der Waals surface area contributed by atoms with Gasteiger partial charge in [0.1, 0.15) is 18.2 Å². The van der Waals surface area contributed by atoms with Crippen LogP contribution in [0.5, 0.6) is 5.75 Å². The SMILES string of the molecule is Cc1cc2c(N)nccc2c(C)c1CNc1cc(OCc2ccc(Cn3cccn3)cc2)c2c(c1)C(=O)N(C)C2. The molecule has 6 rings (SSSR count). The Morgan fingerprint density at radius 1 is 1.02 bits per heavy atom. The van der Waals surface area contributed by atoms with Gasteiger partial charge in [0.2, 0.25) is 0 Å². The number of nitrogen functional groups attached to an aromatic ring is 1. The summed E-state index contributed by atoms with van der Waals surface area (Å²) >= 11 is 0. The minimum absolute atomic E-state index is 0.00696. The predicted octanol–water partition coefficient (Wildman–Crippen LogP) is 5.46.